The number of hydrogen-bond donors (Lipinski definition) is 1. The average Bonchev–Trinajstić information content (AvgIpc) is 2.27. The second-order valence-corrected chi connectivity index (χ2v) is 3.12. The first kappa shape index (κ1) is 13.8. The highest BCUT2D eigenvalue weighted by molar-refractivity contribution is 5.61. The van der Waals surface area contributed by atoms with Crippen molar-refractivity contribution in [3.8, 4) is 11.8 Å². The van der Waals surface area contributed by atoms with Crippen molar-refractivity contribution in [1.82, 2.24) is 4.98 Å². The molecule has 1 rings (SSSR count). The molecule has 0 aromatic carbocycles. The lowest BCUT2D eigenvalue weighted by atomic mass is 10.2. The van der Waals surface area contributed by atoms with Crippen LogP contribution in [-0.2, 0) is 6.18 Å². The summed E-state index contributed by atoms with van der Waals surface area (Å²) in [5.74, 6) is 5.05. The van der Waals surface area contributed by atoms with Crippen LogP contribution in [0.5, 0.6) is 0 Å². The topological polar surface area (TPSA) is 68.1 Å². The molecule has 1 aromatic rings. The molecule has 1 N–H and O–H groups in total. The van der Waals surface area contributed by atoms with Crippen LogP contribution < -0.4 is 5.32 Å². The number of anilines is 1. The van der Waals surface area contributed by atoms with E-state index in [4.69, 9.17) is 0 Å². The summed E-state index contributed by atoms with van der Waals surface area (Å²) in [5.41, 5.74) is -1.98. The Balaban J connectivity index is 3.14. The third-order valence-corrected chi connectivity index (χ3v) is 1.91. The fourth-order valence-corrected chi connectivity index (χ4v) is 1.12. The maximum Gasteiger partial charge on any atom is 0.433 e. The van der Waals surface area contributed by atoms with Crippen molar-refractivity contribution in [3.63, 3.8) is 0 Å². The number of pyridine rings is 1. The molecular formula is C10H8F3N3O2. The molecule has 0 amide bonds. The second kappa shape index (κ2) is 5.35. The van der Waals surface area contributed by atoms with Crippen LogP contribution in [0.15, 0.2) is 12.3 Å². The van der Waals surface area contributed by atoms with Gasteiger partial charge >= 0.3 is 11.9 Å². The summed E-state index contributed by atoms with van der Waals surface area (Å²) in [4.78, 5) is 12.8. The van der Waals surface area contributed by atoms with E-state index >= 15 is 0 Å². The minimum absolute atomic E-state index is 0.0126. The van der Waals surface area contributed by atoms with Crippen LogP contribution in [0.2, 0.25) is 0 Å². The zero-order valence-corrected chi connectivity index (χ0v) is 9.21. The first-order valence-electron chi connectivity index (χ1n) is 4.71. The Bertz CT molecular complexity index is 517. The van der Waals surface area contributed by atoms with Crippen LogP contribution in [0.25, 0.3) is 0 Å². The number of alkyl halides is 3. The van der Waals surface area contributed by atoms with Crippen LogP contribution in [0.1, 0.15) is 12.6 Å². The van der Waals surface area contributed by atoms with Gasteiger partial charge in [0.2, 0.25) is 0 Å². The highest BCUT2D eigenvalue weighted by Gasteiger charge is 2.34. The van der Waals surface area contributed by atoms with Crippen molar-refractivity contribution in [1.29, 1.82) is 0 Å². The maximum absolute atomic E-state index is 12.4. The highest BCUT2D eigenvalue weighted by Crippen LogP contribution is 2.32. The second-order valence-electron chi connectivity index (χ2n) is 3.12. The van der Waals surface area contributed by atoms with Crippen LogP contribution in [-0.4, -0.2) is 16.5 Å². The van der Waals surface area contributed by atoms with Crippen molar-refractivity contribution in [2.45, 2.75) is 13.1 Å². The number of aromatic nitrogens is 1. The van der Waals surface area contributed by atoms with Gasteiger partial charge in [-0.25, -0.2) is 4.98 Å². The summed E-state index contributed by atoms with van der Waals surface area (Å²) in [6.07, 6.45) is -4.08. The van der Waals surface area contributed by atoms with Crippen molar-refractivity contribution >= 4 is 11.4 Å². The lowest BCUT2D eigenvalue weighted by molar-refractivity contribution is -0.384. The van der Waals surface area contributed by atoms with E-state index in [-0.39, 0.29) is 12.2 Å². The normalized spacial score (nSPS) is 10.4. The molecule has 0 aliphatic rings. The van der Waals surface area contributed by atoms with Crippen LogP contribution in [0.4, 0.5) is 24.5 Å². The summed E-state index contributed by atoms with van der Waals surface area (Å²) in [7, 11) is 0. The smallest absolute Gasteiger partial charge is 0.368 e. The average molecular weight is 259 g/mol. The van der Waals surface area contributed by atoms with Gasteiger partial charge in [-0.15, -0.1) is 5.92 Å². The zero-order chi connectivity index (χ0) is 13.8. The molecule has 0 radical (unpaired) electrons. The fraction of sp³-hybridized carbons (Fsp3) is 0.300. The molecule has 0 aliphatic heterocycles. The van der Waals surface area contributed by atoms with E-state index in [1.165, 1.54) is 0 Å². The number of nitrogens with one attached hydrogen (secondary N) is 1. The molecule has 1 aromatic heterocycles. The lowest BCUT2D eigenvalue weighted by Crippen LogP contribution is -2.11. The van der Waals surface area contributed by atoms with Crippen molar-refractivity contribution in [2.75, 3.05) is 11.9 Å². The van der Waals surface area contributed by atoms with Gasteiger partial charge in [0, 0.05) is 0 Å². The largest absolute Gasteiger partial charge is 0.433 e. The third kappa shape index (κ3) is 3.35. The van der Waals surface area contributed by atoms with Gasteiger partial charge in [0.15, 0.2) is 0 Å². The van der Waals surface area contributed by atoms with Crippen LogP contribution >= 0.6 is 0 Å². The fourth-order valence-electron chi connectivity index (χ4n) is 1.12. The molecule has 5 nitrogen and oxygen atoms in total. The van der Waals surface area contributed by atoms with Gasteiger partial charge < -0.3 is 5.32 Å². The predicted octanol–water partition coefficient (Wildman–Crippen LogP) is 2.44. The summed E-state index contributed by atoms with van der Waals surface area (Å²) in [6.45, 7) is 1.56. The molecule has 96 valence electrons. The molecule has 0 aliphatic carbocycles. The Hall–Kier alpha value is -2.30. The summed E-state index contributed by atoms with van der Waals surface area (Å²) < 4.78 is 37.2. The standard InChI is InChI=1S/C10H8F3N3O2/c1-2-3-4-14-7-5-9(10(11,12)13)15-6-8(7)16(17)18/h5-6H,4H2,1H3,(H,14,15). The van der Waals surface area contributed by atoms with E-state index in [0.717, 1.165) is 0 Å². The monoisotopic (exact) mass is 259 g/mol. The minimum Gasteiger partial charge on any atom is -0.368 e. The van der Waals surface area contributed by atoms with Gasteiger partial charge in [0.05, 0.1) is 11.5 Å². The molecule has 1 heterocycles. The first-order valence-corrected chi connectivity index (χ1v) is 4.71. The Kier molecular flexibility index (Phi) is 4.09. The quantitative estimate of drug-likeness (QED) is 0.514. The molecular weight excluding hydrogens is 251 g/mol. The van der Waals surface area contributed by atoms with Gasteiger partial charge in [-0.2, -0.15) is 13.2 Å². The lowest BCUT2D eigenvalue weighted by Gasteiger charge is -2.08. The Morgan fingerprint density at radius 2 is 2.22 bits per heavy atom. The van der Waals surface area contributed by atoms with E-state index in [1.54, 1.807) is 6.92 Å². The Morgan fingerprint density at radius 3 is 2.72 bits per heavy atom. The van der Waals surface area contributed by atoms with E-state index in [9.17, 15) is 23.3 Å². The van der Waals surface area contributed by atoms with Gasteiger partial charge in [-0.3, -0.25) is 10.1 Å². The first-order chi connectivity index (χ1) is 8.36. The maximum atomic E-state index is 12.4. The van der Waals surface area contributed by atoms with Crippen molar-refractivity contribution in [3.05, 3.63) is 28.1 Å². The molecule has 0 atom stereocenters. The minimum atomic E-state index is -4.65. The number of nitro groups is 1. The SMILES string of the molecule is CC#CCNc1cc(C(F)(F)F)ncc1[N+](=O)[O-]. The molecule has 8 heteroatoms. The molecule has 0 bridgehead atoms. The molecule has 0 saturated heterocycles. The third-order valence-electron chi connectivity index (χ3n) is 1.91. The summed E-state index contributed by atoms with van der Waals surface area (Å²) >= 11 is 0. The van der Waals surface area contributed by atoms with Crippen molar-refractivity contribution < 1.29 is 18.1 Å². The number of halogens is 3. The Labute approximate surface area is 100 Å². The van der Waals surface area contributed by atoms with Gasteiger partial charge in [0.25, 0.3) is 0 Å². The number of rotatable bonds is 3. The number of nitrogens with zero attached hydrogens (tertiary/aromatic N) is 2. The number of hydrogen-bond acceptors (Lipinski definition) is 4. The van der Waals surface area contributed by atoms with Gasteiger partial charge in [-0.1, -0.05) is 5.92 Å². The predicted molar refractivity (Wildman–Crippen MR) is 57.8 cm³/mol. The van der Waals surface area contributed by atoms with Gasteiger partial charge in [0.1, 0.15) is 17.6 Å². The highest BCUT2D eigenvalue weighted by atomic mass is 19.4. The molecule has 0 unspecified atom stereocenters. The molecule has 0 fully saturated rings. The van der Waals surface area contributed by atoms with Gasteiger partial charge in [-0.05, 0) is 13.0 Å². The Morgan fingerprint density at radius 1 is 1.56 bits per heavy atom. The van der Waals surface area contributed by atoms with E-state index in [2.05, 4.69) is 22.1 Å². The van der Waals surface area contributed by atoms with Crippen LogP contribution in [0, 0.1) is 22.0 Å². The zero-order valence-electron chi connectivity index (χ0n) is 9.21. The van der Waals surface area contributed by atoms with Crippen LogP contribution in [0.3, 0.4) is 0 Å². The van der Waals surface area contributed by atoms with E-state index in [1.807, 2.05) is 0 Å². The summed E-state index contributed by atoms with van der Waals surface area (Å²) in [5, 5.41) is 13.1. The molecule has 0 saturated carbocycles. The van der Waals surface area contributed by atoms with E-state index < -0.39 is 22.5 Å². The molecule has 0 spiro atoms. The molecule has 18 heavy (non-hydrogen) atoms. The summed E-state index contributed by atoms with van der Waals surface area (Å²) in [6, 6.07) is 0.593. The van der Waals surface area contributed by atoms with E-state index in [0.29, 0.717) is 12.3 Å². The van der Waals surface area contributed by atoms with Crippen molar-refractivity contribution in [2.24, 2.45) is 0 Å².